The van der Waals surface area contributed by atoms with Crippen LogP contribution in [0, 0.1) is 0 Å². The van der Waals surface area contributed by atoms with Gasteiger partial charge in [0.25, 0.3) is 0 Å². The maximum absolute atomic E-state index is 12.7. The molecule has 1 saturated heterocycles. The highest BCUT2D eigenvalue weighted by Crippen LogP contribution is 2.34. The molecule has 2 heterocycles. The summed E-state index contributed by atoms with van der Waals surface area (Å²) in [5.74, 6) is -0.509. The molecule has 3 atom stereocenters. The van der Waals surface area contributed by atoms with Crippen LogP contribution in [0.1, 0.15) is 38.3 Å². The fourth-order valence-electron chi connectivity index (χ4n) is 3.72. The van der Waals surface area contributed by atoms with Crippen LogP contribution in [0.2, 0.25) is 0 Å². The molecule has 0 bridgehead atoms. The second-order valence-corrected chi connectivity index (χ2v) is 6.66. The number of likely N-dealkylation sites (tertiary alicyclic amines) is 1. The Balaban J connectivity index is 1.79. The first-order valence-electron chi connectivity index (χ1n) is 8.51. The van der Waals surface area contributed by atoms with Crippen molar-refractivity contribution < 1.29 is 19.5 Å². The standard InChI is InChI=1S/C18H23N3O4/c1-11(22)20-8-7-15(14-5-3-4-6-16(14)20)19-18(25)17-9-13(24)10-21(17)12(2)23/h3-6,13,15,17,24H,7-10H2,1-2H3,(H,19,25)/t13-,15?,17-/m1/s1. The first kappa shape index (κ1) is 17.4. The minimum Gasteiger partial charge on any atom is -0.391 e. The summed E-state index contributed by atoms with van der Waals surface area (Å²) in [6.45, 7) is 3.65. The summed E-state index contributed by atoms with van der Waals surface area (Å²) in [7, 11) is 0. The smallest absolute Gasteiger partial charge is 0.243 e. The number of rotatable bonds is 2. The largest absolute Gasteiger partial charge is 0.391 e. The van der Waals surface area contributed by atoms with E-state index in [1.807, 2.05) is 24.3 Å². The van der Waals surface area contributed by atoms with Gasteiger partial charge in [-0.15, -0.1) is 0 Å². The Morgan fingerprint density at radius 1 is 1.16 bits per heavy atom. The van der Waals surface area contributed by atoms with E-state index in [-0.39, 0.29) is 36.7 Å². The average molecular weight is 345 g/mol. The van der Waals surface area contributed by atoms with Crippen LogP contribution in [0.3, 0.4) is 0 Å². The maximum atomic E-state index is 12.7. The van der Waals surface area contributed by atoms with Gasteiger partial charge in [-0.1, -0.05) is 18.2 Å². The van der Waals surface area contributed by atoms with E-state index in [0.29, 0.717) is 13.0 Å². The molecule has 1 aromatic rings. The van der Waals surface area contributed by atoms with E-state index in [2.05, 4.69) is 5.32 Å². The Morgan fingerprint density at radius 3 is 2.56 bits per heavy atom. The fraction of sp³-hybridized carbons (Fsp3) is 0.500. The van der Waals surface area contributed by atoms with Crippen LogP contribution in [0.4, 0.5) is 5.69 Å². The first-order chi connectivity index (χ1) is 11.9. The first-order valence-corrected chi connectivity index (χ1v) is 8.51. The van der Waals surface area contributed by atoms with E-state index in [4.69, 9.17) is 0 Å². The lowest BCUT2D eigenvalue weighted by Crippen LogP contribution is -2.48. The van der Waals surface area contributed by atoms with Gasteiger partial charge in [0.2, 0.25) is 17.7 Å². The number of anilines is 1. The normalized spacial score (nSPS) is 25.5. The third-order valence-corrected chi connectivity index (χ3v) is 4.93. The Labute approximate surface area is 146 Å². The molecule has 0 spiro atoms. The minimum atomic E-state index is -0.675. The molecule has 2 aliphatic heterocycles. The van der Waals surface area contributed by atoms with Gasteiger partial charge in [-0.25, -0.2) is 0 Å². The van der Waals surface area contributed by atoms with Crippen LogP contribution in [0.5, 0.6) is 0 Å². The zero-order chi connectivity index (χ0) is 18.1. The van der Waals surface area contributed by atoms with Crippen molar-refractivity contribution in [3.8, 4) is 0 Å². The summed E-state index contributed by atoms with van der Waals surface area (Å²) < 4.78 is 0. The molecule has 134 valence electrons. The SMILES string of the molecule is CC(=O)N1CCC(NC(=O)[C@H]2C[C@@H](O)CN2C(C)=O)c2ccccc21. The summed E-state index contributed by atoms with van der Waals surface area (Å²) in [5, 5.41) is 12.8. The molecule has 1 fully saturated rings. The summed E-state index contributed by atoms with van der Waals surface area (Å²) in [5.41, 5.74) is 1.70. The number of carbonyl (C=O) groups is 3. The van der Waals surface area contributed by atoms with Crippen molar-refractivity contribution >= 4 is 23.4 Å². The third-order valence-electron chi connectivity index (χ3n) is 4.93. The fourth-order valence-corrected chi connectivity index (χ4v) is 3.72. The highest BCUT2D eigenvalue weighted by Gasteiger charge is 2.39. The van der Waals surface area contributed by atoms with E-state index in [0.717, 1.165) is 11.3 Å². The van der Waals surface area contributed by atoms with Gasteiger partial charge >= 0.3 is 0 Å². The molecule has 2 N–H and O–H groups in total. The monoisotopic (exact) mass is 345 g/mol. The van der Waals surface area contributed by atoms with E-state index >= 15 is 0 Å². The Hall–Kier alpha value is -2.41. The molecule has 0 saturated carbocycles. The number of para-hydroxylation sites is 1. The number of β-amino-alcohol motifs (C(OH)–C–C–N with tert-alkyl or cyclic N) is 1. The molecular formula is C18H23N3O4. The molecule has 2 aliphatic rings. The van der Waals surface area contributed by atoms with Crippen molar-refractivity contribution in [1.29, 1.82) is 0 Å². The molecule has 3 amide bonds. The van der Waals surface area contributed by atoms with E-state index in [9.17, 15) is 19.5 Å². The van der Waals surface area contributed by atoms with E-state index in [1.165, 1.54) is 18.7 Å². The lowest BCUT2D eigenvalue weighted by molar-refractivity contribution is -0.137. The predicted octanol–water partition coefficient (Wildman–Crippen LogP) is 0.582. The van der Waals surface area contributed by atoms with E-state index in [1.54, 1.807) is 4.90 Å². The average Bonchev–Trinajstić information content (AvgIpc) is 2.97. The van der Waals surface area contributed by atoms with Gasteiger partial charge in [-0.2, -0.15) is 0 Å². The lowest BCUT2D eigenvalue weighted by atomic mass is 9.95. The second-order valence-electron chi connectivity index (χ2n) is 6.66. The number of hydrogen-bond donors (Lipinski definition) is 2. The number of amides is 3. The number of benzene rings is 1. The van der Waals surface area contributed by atoms with Gasteiger partial charge in [0.15, 0.2) is 0 Å². The van der Waals surface area contributed by atoms with Gasteiger partial charge in [-0.05, 0) is 18.1 Å². The molecule has 25 heavy (non-hydrogen) atoms. The molecule has 0 aliphatic carbocycles. The summed E-state index contributed by atoms with van der Waals surface area (Å²) in [4.78, 5) is 39.3. The van der Waals surface area contributed by atoms with E-state index < -0.39 is 12.1 Å². The number of hydrogen-bond acceptors (Lipinski definition) is 4. The molecule has 1 unspecified atom stereocenters. The van der Waals surface area contributed by atoms with Crippen LogP contribution in [0.15, 0.2) is 24.3 Å². The minimum absolute atomic E-state index is 0.0288. The molecule has 3 rings (SSSR count). The number of nitrogens with one attached hydrogen (secondary N) is 1. The van der Waals surface area contributed by atoms with Crippen LogP contribution in [-0.4, -0.2) is 53.0 Å². The molecule has 7 nitrogen and oxygen atoms in total. The Morgan fingerprint density at radius 2 is 1.88 bits per heavy atom. The summed E-state index contributed by atoms with van der Waals surface area (Å²) in [6, 6.07) is 6.65. The van der Waals surface area contributed by atoms with Gasteiger partial charge < -0.3 is 20.2 Å². The van der Waals surface area contributed by atoms with Crippen molar-refractivity contribution in [2.45, 2.75) is 44.9 Å². The van der Waals surface area contributed by atoms with Crippen LogP contribution in [0.25, 0.3) is 0 Å². The molecule has 1 aromatic carbocycles. The Kier molecular flexibility index (Phi) is 4.76. The maximum Gasteiger partial charge on any atom is 0.243 e. The van der Waals surface area contributed by atoms with Crippen molar-refractivity contribution in [3.05, 3.63) is 29.8 Å². The van der Waals surface area contributed by atoms with Crippen LogP contribution >= 0.6 is 0 Å². The number of aliphatic hydroxyl groups is 1. The number of nitrogens with zero attached hydrogens (tertiary/aromatic N) is 2. The highest BCUT2D eigenvalue weighted by molar-refractivity contribution is 5.93. The number of carbonyl (C=O) groups excluding carboxylic acids is 3. The van der Waals surface area contributed by atoms with Crippen LogP contribution < -0.4 is 10.2 Å². The molecule has 0 aromatic heterocycles. The van der Waals surface area contributed by atoms with Crippen molar-refractivity contribution in [3.63, 3.8) is 0 Å². The van der Waals surface area contributed by atoms with Gasteiger partial charge in [0, 0.05) is 39.0 Å². The zero-order valence-corrected chi connectivity index (χ0v) is 14.4. The zero-order valence-electron chi connectivity index (χ0n) is 14.4. The van der Waals surface area contributed by atoms with Crippen molar-refractivity contribution in [2.24, 2.45) is 0 Å². The lowest BCUT2D eigenvalue weighted by Gasteiger charge is -2.35. The van der Waals surface area contributed by atoms with Crippen LogP contribution in [-0.2, 0) is 14.4 Å². The molecular weight excluding hydrogens is 322 g/mol. The highest BCUT2D eigenvalue weighted by atomic mass is 16.3. The topological polar surface area (TPSA) is 89.9 Å². The van der Waals surface area contributed by atoms with Crippen molar-refractivity contribution in [2.75, 3.05) is 18.0 Å². The molecule has 0 radical (unpaired) electrons. The molecule has 7 heteroatoms. The Bertz CT molecular complexity index is 705. The number of aliphatic hydroxyl groups excluding tert-OH is 1. The quantitative estimate of drug-likeness (QED) is 0.821. The third kappa shape index (κ3) is 3.37. The second kappa shape index (κ2) is 6.84. The van der Waals surface area contributed by atoms with Gasteiger partial charge in [-0.3, -0.25) is 14.4 Å². The predicted molar refractivity (Wildman–Crippen MR) is 91.8 cm³/mol. The van der Waals surface area contributed by atoms with Gasteiger partial charge in [0.1, 0.15) is 6.04 Å². The summed E-state index contributed by atoms with van der Waals surface area (Å²) >= 11 is 0. The number of fused-ring (bicyclic) bond motifs is 1. The van der Waals surface area contributed by atoms with Gasteiger partial charge in [0.05, 0.1) is 12.1 Å². The van der Waals surface area contributed by atoms with Crippen molar-refractivity contribution in [1.82, 2.24) is 10.2 Å². The summed E-state index contributed by atoms with van der Waals surface area (Å²) in [6.07, 6.45) is 0.184.